The molecule has 4 heteroatoms. The second-order valence-corrected chi connectivity index (χ2v) is 4.92. The zero-order valence-electron chi connectivity index (χ0n) is 13.0. The Hall–Kier alpha value is -1.32. The highest BCUT2D eigenvalue weighted by molar-refractivity contribution is 5.57. The second-order valence-electron chi connectivity index (χ2n) is 4.92. The van der Waals surface area contributed by atoms with Crippen LogP contribution < -0.4 is 10.2 Å². The molecule has 0 amide bonds. The molecule has 4 nitrogen and oxygen atoms in total. The molecule has 108 valence electrons. The summed E-state index contributed by atoms with van der Waals surface area (Å²) in [4.78, 5) is 11.2. The predicted molar refractivity (Wildman–Crippen MR) is 82.9 cm³/mol. The molecule has 0 aliphatic heterocycles. The van der Waals surface area contributed by atoms with Crippen LogP contribution in [-0.2, 0) is 0 Å². The first kappa shape index (κ1) is 15.7. The van der Waals surface area contributed by atoms with E-state index in [4.69, 9.17) is 0 Å². The van der Waals surface area contributed by atoms with Crippen LogP contribution in [0.1, 0.15) is 46.1 Å². The number of hydrogen-bond donors (Lipinski definition) is 1. The van der Waals surface area contributed by atoms with E-state index < -0.39 is 0 Å². The van der Waals surface area contributed by atoms with E-state index in [-0.39, 0.29) is 0 Å². The predicted octanol–water partition coefficient (Wildman–Crippen LogP) is 3.48. The zero-order valence-corrected chi connectivity index (χ0v) is 13.0. The van der Waals surface area contributed by atoms with Gasteiger partial charge in [0.1, 0.15) is 18.0 Å². The normalized spacial score (nSPS) is 10.8. The Morgan fingerprint density at radius 2 is 1.84 bits per heavy atom. The number of aromatic nitrogens is 2. The maximum absolute atomic E-state index is 4.49. The van der Waals surface area contributed by atoms with Gasteiger partial charge in [0.2, 0.25) is 0 Å². The van der Waals surface area contributed by atoms with Gasteiger partial charge in [-0.3, -0.25) is 0 Å². The van der Waals surface area contributed by atoms with E-state index in [9.17, 15) is 0 Å². The van der Waals surface area contributed by atoms with Crippen LogP contribution in [0.2, 0.25) is 0 Å². The number of nitrogens with one attached hydrogen (secondary N) is 1. The molecule has 0 aliphatic rings. The van der Waals surface area contributed by atoms with Gasteiger partial charge in [-0.1, -0.05) is 26.7 Å². The summed E-state index contributed by atoms with van der Waals surface area (Å²) in [6, 6.07) is 0. The average Bonchev–Trinajstić information content (AvgIpc) is 2.43. The molecule has 0 radical (unpaired) electrons. The molecule has 0 bridgehead atoms. The minimum absolute atomic E-state index is 0.733. The smallest absolute Gasteiger partial charge is 0.137 e. The summed E-state index contributed by atoms with van der Waals surface area (Å²) in [6.07, 6.45) is 4.10. The molecule has 19 heavy (non-hydrogen) atoms. The number of rotatable bonds is 8. The van der Waals surface area contributed by atoms with Gasteiger partial charge in [-0.2, -0.15) is 0 Å². The lowest BCUT2D eigenvalue weighted by molar-refractivity contribution is 0.484. The zero-order chi connectivity index (χ0) is 14.3. The summed E-state index contributed by atoms with van der Waals surface area (Å²) in [7, 11) is 0. The fraction of sp³-hybridized carbons (Fsp3) is 0.733. The van der Waals surface area contributed by atoms with E-state index in [0.717, 1.165) is 42.8 Å². The third-order valence-electron chi connectivity index (χ3n) is 3.72. The van der Waals surface area contributed by atoms with Gasteiger partial charge in [-0.25, -0.2) is 9.97 Å². The highest BCUT2D eigenvalue weighted by Crippen LogP contribution is 2.23. The van der Waals surface area contributed by atoms with Crippen LogP contribution in [0.4, 0.5) is 11.6 Å². The molecule has 0 fully saturated rings. The average molecular weight is 264 g/mol. The Bertz CT molecular complexity index is 374. The topological polar surface area (TPSA) is 41.1 Å². The molecule has 0 unspecified atom stereocenters. The van der Waals surface area contributed by atoms with E-state index in [0.29, 0.717) is 0 Å². The summed E-state index contributed by atoms with van der Waals surface area (Å²) in [5.41, 5.74) is 1.15. The second kappa shape index (κ2) is 7.97. The Labute approximate surface area is 117 Å². The van der Waals surface area contributed by atoms with E-state index in [1.807, 2.05) is 0 Å². The van der Waals surface area contributed by atoms with Crippen molar-refractivity contribution in [1.82, 2.24) is 9.97 Å². The van der Waals surface area contributed by atoms with Crippen LogP contribution in [0.5, 0.6) is 0 Å². The first-order chi connectivity index (χ1) is 9.17. The van der Waals surface area contributed by atoms with Crippen molar-refractivity contribution in [3.8, 4) is 0 Å². The molecule has 0 saturated heterocycles. The summed E-state index contributed by atoms with van der Waals surface area (Å²) in [6.45, 7) is 13.9. The number of anilines is 2. The summed E-state index contributed by atoms with van der Waals surface area (Å²) in [5, 5.41) is 3.30. The molecule has 0 aromatic carbocycles. The molecular weight excluding hydrogens is 236 g/mol. The highest BCUT2D eigenvalue weighted by Gasteiger charge is 2.15. The molecule has 0 aliphatic carbocycles. The van der Waals surface area contributed by atoms with Crippen LogP contribution in [0, 0.1) is 12.8 Å². The fourth-order valence-electron chi connectivity index (χ4n) is 2.33. The minimum atomic E-state index is 0.733. The minimum Gasteiger partial charge on any atom is -0.370 e. The summed E-state index contributed by atoms with van der Waals surface area (Å²) < 4.78 is 0. The van der Waals surface area contributed by atoms with E-state index in [1.54, 1.807) is 6.33 Å². The quantitative estimate of drug-likeness (QED) is 0.780. The molecular formula is C15H28N4. The monoisotopic (exact) mass is 264 g/mol. The molecule has 1 aromatic heterocycles. The summed E-state index contributed by atoms with van der Waals surface area (Å²) in [5.74, 6) is 2.76. The lowest BCUT2D eigenvalue weighted by Gasteiger charge is -2.28. The Morgan fingerprint density at radius 1 is 1.16 bits per heavy atom. The van der Waals surface area contributed by atoms with Crippen LogP contribution in [0.25, 0.3) is 0 Å². The van der Waals surface area contributed by atoms with Gasteiger partial charge in [0.25, 0.3) is 0 Å². The molecule has 0 spiro atoms. The van der Waals surface area contributed by atoms with Gasteiger partial charge in [0.15, 0.2) is 0 Å². The Kier molecular flexibility index (Phi) is 6.60. The van der Waals surface area contributed by atoms with Crippen molar-refractivity contribution in [2.45, 2.75) is 47.5 Å². The van der Waals surface area contributed by atoms with Gasteiger partial charge >= 0.3 is 0 Å². The number of nitrogens with zero attached hydrogens (tertiary/aromatic N) is 3. The van der Waals surface area contributed by atoms with Crippen molar-refractivity contribution in [3.05, 3.63) is 11.9 Å². The van der Waals surface area contributed by atoms with Crippen molar-refractivity contribution in [2.75, 3.05) is 29.9 Å². The standard InChI is InChI=1S/C15H28N4/c1-6-13(7-2)10-19(9-4)15-12(5)14(16-8-3)17-11-18-15/h11,13H,6-10H2,1-5H3,(H,16,17,18). The van der Waals surface area contributed by atoms with E-state index in [2.05, 4.69) is 54.8 Å². The molecule has 1 rings (SSSR count). The van der Waals surface area contributed by atoms with E-state index in [1.165, 1.54) is 12.8 Å². The van der Waals surface area contributed by atoms with Crippen LogP contribution >= 0.6 is 0 Å². The first-order valence-electron chi connectivity index (χ1n) is 7.48. The van der Waals surface area contributed by atoms with Crippen molar-refractivity contribution in [3.63, 3.8) is 0 Å². The van der Waals surface area contributed by atoms with Gasteiger partial charge in [0, 0.05) is 25.2 Å². The lowest BCUT2D eigenvalue weighted by atomic mass is 10.0. The third-order valence-corrected chi connectivity index (χ3v) is 3.72. The van der Waals surface area contributed by atoms with Crippen LogP contribution in [0.3, 0.4) is 0 Å². The van der Waals surface area contributed by atoms with Crippen molar-refractivity contribution in [1.29, 1.82) is 0 Å². The summed E-state index contributed by atoms with van der Waals surface area (Å²) >= 11 is 0. The first-order valence-corrected chi connectivity index (χ1v) is 7.48. The SMILES string of the molecule is CCNc1ncnc(N(CC)CC(CC)CC)c1C. The lowest BCUT2D eigenvalue weighted by Crippen LogP contribution is -2.30. The Balaban J connectivity index is 2.94. The molecule has 0 atom stereocenters. The maximum atomic E-state index is 4.49. The van der Waals surface area contributed by atoms with Gasteiger partial charge < -0.3 is 10.2 Å². The third kappa shape index (κ3) is 4.08. The van der Waals surface area contributed by atoms with Gasteiger partial charge in [0.05, 0.1) is 0 Å². The Morgan fingerprint density at radius 3 is 2.37 bits per heavy atom. The molecule has 1 heterocycles. The van der Waals surface area contributed by atoms with Crippen LogP contribution in [-0.4, -0.2) is 29.6 Å². The highest BCUT2D eigenvalue weighted by atomic mass is 15.2. The van der Waals surface area contributed by atoms with Crippen molar-refractivity contribution in [2.24, 2.45) is 5.92 Å². The van der Waals surface area contributed by atoms with Crippen molar-refractivity contribution >= 4 is 11.6 Å². The van der Waals surface area contributed by atoms with Gasteiger partial charge in [-0.05, 0) is 26.7 Å². The molecule has 1 aromatic rings. The fourth-order valence-corrected chi connectivity index (χ4v) is 2.33. The van der Waals surface area contributed by atoms with E-state index >= 15 is 0 Å². The van der Waals surface area contributed by atoms with Crippen molar-refractivity contribution < 1.29 is 0 Å². The maximum Gasteiger partial charge on any atom is 0.137 e. The van der Waals surface area contributed by atoms with Crippen LogP contribution in [0.15, 0.2) is 6.33 Å². The number of hydrogen-bond acceptors (Lipinski definition) is 4. The molecule has 1 N–H and O–H groups in total. The molecule has 0 saturated carbocycles. The van der Waals surface area contributed by atoms with Gasteiger partial charge in [-0.15, -0.1) is 0 Å². The largest absolute Gasteiger partial charge is 0.370 e.